The zero-order valence-electron chi connectivity index (χ0n) is 25.2. The van der Waals surface area contributed by atoms with Gasteiger partial charge in [-0.2, -0.15) is 0 Å². The second kappa shape index (κ2) is 11.5. The van der Waals surface area contributed by atoms with Gasteiger partial charge in [0.15, 0.2) is 19.8 Å². The number of hydrogen-bond donors (Lipinski definition) is 0. The van der Waals surface area contributed by atoms with Crippen molar-refractivity contribution in [2.24, 2.45) is 0 Å². The molecular weight excluding hydrogens is 493 g/mol. The van der Waals surface area contributed by atoms with Gasteiger partial charge in [0.25, 0.3) is 0 Å². The van der Waals surface area contributed by atoms with Gasteiger partial charge in [-0.25, -0.2) is 0 Å². The smallest absolute Gasteiger partial charge is 0.487 e. The van der Waals surface area contributed by atoms with Gasteiger partial charge in [-0.3, -0.25) is 4.98 Å². The van der Waals surface area contributed by atoms with Crippen molar-refractivity contribution in [1.82, 2.24) is 4.98 Å². The average molecular weight is 540 g/mol. The summed E-state index contributed by atoms with van der Waals surface area (Å²) in [4.78, 5) is 4.60. The number of pyridine rings is 1. The maximum absolute atomic E-state index is 6.66. The topological polar surface area (TPSA) is 59.0 Å². The molecule has 0 spiro atoms. The van der Waals surface area contributed by atoms with E-state index in [1.165, 1.54) is 0 Å². The van der Waals surface area contributed by atoms with Crippen molar-refractivity contribution >= 4 is 21.0 Å². The van der Waals surface area contributed by atoms with Gasteiger partial charge >= 0.3 is 7.12 Å². The number of rotatable bonds is 10. The maximum Gasteiger partial charge on any atom is 0.487 e. The monoisotopic (exact) mass is 539 g/mol. The number of benzene rings is 1. The Morgan fingerprint density at radius 2 is 1.66 bits per heavy atom. The second-order valence-corrected chi connectivity index (χ2v) is 17.4. The van der Waals surface area contributed by atoms with Crippen molar-refractivity contribution in [1.29, 1.82) is 0 Å². The predicted molar refractivity (Wildman–Crippen MR) is 159 cm³/mol. The summed E-state index contributed by atoms with van der Waals surface area (Å²) in [5.74, 6) is 3.50. The van der Waals surface area contributed by atoms with Crippen LogP contribution >= 0.6 is 0 Å². The normalized spacial score (nSPS) is 17.6. The van der Waals surface area contributed by atoms with E-state index in [4.69, 9.17) is 23.2 Å². The minimum absolute atomic E-state index is 0.0978. The van der Waals surface area contributed by atoms with Crippen LogP contribution in [-0.4, -0.2) is 51.9 Å². The molecule has 0 N–H and O–H groups in total. The molecule has 208 valence electrons. The SMILES string of the molecule is CCCOc1cc(-c2cncc(/C(=C\B3OC(C)(C)C(C)(C)O3)CO[Si](C)(C)C(C)(C)C)c2)ccc1OC. The van der Waals surface area contributed by atoms with E-state index in [1.54, 1.807) is 7.11 Å². The minimum atomic E-state index is -1.99. The molecule has 0 bridgehead atoms. The van der Waals surface area contributed by atoms with Crippen LogP contribution in [0.25, 0.3) is 16.7 Å². The molecule has 3 rings (SSSR count). The Kier molecular flexibility index (Phi) is 9.24. The molecule has 1 aromatic heterocycles. The summed E-state index contributed by atoms with van der Waals surface area (Å²) in [6.07, 6.45) is 4.68. The molecule has 0 aliphatic carbocycles. The predicted octanol–water partition coefficient (Wildman–Crippen LogP) is 7.58. The Labute approximate surface area is 231 Å². The quantitative estimate of drug-likeness (QED) is 0.290. The molecule has 0 amide bonds. The zero-order chi connectivity index (χ0) is 28.4. The molecule has 0 radical (unpaired) electrons. The van der Waals surface area contributed by atoms with Crippen molar-refractivity contribution in [3.63, 3.8) is 0 Å². The first kappa shape index (κ1) is 30.4. The van der Waals surface area contributed by atoms with Crippen molar-refractivity contribution in [2.45, 2.75) is 91.1 Å². The molecule has 38 heavy (non-hydrogen) atoms. The van der Waals surface area contributed by atoms with E-state index in [9.17, 15) is 0 Å². The number of aromatic nitrogens is 1. The summed E-state index contributed by atoms with van der Waals surface area (Å²) in [6.45, 7) is 22.7. The Balaban J connectivity index is 2.00. The van der Waals surface area contributed by atoms with Gasteiger partial charge < -0.3 is 23.2 Å². The van der Waals surface area contributed by atoms with E-state index < -0.39 is 26.6 Å². The van der Waals surface area contributed by atoms with Gasteiger partial charge in [0.2, 0.25) is 0 Å². The molecule has 0 unspecified atom stereocenters. The third-order valence-electron chi connectivity index (χ3n) is 8.07. The van der Waals surface area contributed by atoms with Crippen molar-refractivity contribution < 1.29 is 23.2 Å². The summed E-state index contributed by atoms with van der Waals surface area (Å²) in [5.41, 5.74) is 3.13. The largest absolute Gasteiger partial charge is 0.493 e. The van der Waals surface area contributed by atoms with Crippen LogP contribution in [-0.2, 0) is 13.7 Å². The van der Waals surface area contributed by atoms with Crippen LogP contribution < -0.4 is 9.47 Å². The number of nitrogens with zero attached hydrogens (tertiary/aromatic N) is 1. The Bertz CT molecular complexity index is 1120. The fourth-order valence-corrected chi connectivity index (χ4v) is 4.73. The van der Waals surface area contributed by atoms with E-state index in [1.807, 2.05) is 36.6 Å². The van der Waals surface area contributed by atoms with Crippen LogP contribution in [0.15, 0.2) is 42.6 Å². The van der Waals surface area contributed by atoms with Gasteiger partial charge in [0, 0.05) is 18.0 Å². The zero-order valence-corrected chi connectivity index (χ0v) is 26.2. The lowest BCUT2D eigenvalue weighted by Crippen LogP contribution is -2.41. The standard InChI is InChI=1S/C30H46BNO5Si/c1-12-15-34-27-17-22(13-14-26(27)33-9)23-16-24(20-32-19-23)25(21-35-38(10,11)28(2,3)4)18-31-36-29(5,6)30(7,8)37-31/h13-14,16-20H,12,15,21H2,1-11H3/b25-18-. The van der Waals surface area contributed by atoms with Crippen molar-refractivity contribution in [3.8, 4) is 22.6 Å². The molecule has 1 aliphatic heterocycles. The van der Waals surface area contributed by atoms with E-state index in [0.29, 0.717) is 13.2 Å². The van der Waals surface area contributed by atoms with Crippen LogP contribution in [0.5, 0.6) is 11.5 Å². The highest BCUT2D eigenvalue weighted by molar-refractivity contribution is 6.74. The molecule has 0 saturated carbocycles. The fraction of sp³-hybridized carbons (Fsp3) is 0.567. The third kappa shape index (κ3) is 6.89. The first-order valence-corrected chi connectivity index (χ1v) is 16.5. The highest BCUT2D eigenvalue weighted by atomic mass is 28.4. The molecule has 6 nitrogen and oxygen atoms in total. The van der Waals surface area contributed by atoms with Crippen LogP contribution in [0.1, 0.15) is 67.4 Å². The van der Waals surface area contributed by atoms with Crippen LogP contribution in [0.4, 0.5) is 0 Å². The summed E-state index contributed by atoms with van der Waals surface area (Å²) in [5, 5.41) is 0.0978. The summed E-state index contributed by atoms with van der Waals surface area (Å²) in [7, 11) is -0.812. The highest BCUT2D eigenvalue weighted by Gasteiger charge is 2.50. The molecule has 1 saturated heterocycles. The number of ether oxygens (including phenoxy) is 2. The van der Waals surface area contributed by atoms with Gasteiger partial charge in [0.05, 0.1) is 31.5 Å². The maximum atomic E-state index is 6.66. The Hall–Kier alpha value is -2.13. The third-order valence-corrected chi connectivity index (χ3v) is 12.5. The molecule has 1 fully saturated rings. The van der Waals surface area contributed by atoms with E-state index in [0.717, 1.165) is 40.2 Å². The first-order chi connectivity index (χ1) is 17.6. The van der Waals surface area contributed by atoms with E-state index >= 15 is 0 Å². The lowest BCUT2D eigenvalue weighted by Gasteiger charge is -2.36. The molecule has 1 aromatic carbocycles. The van der Waals surface area contributed by atoms with E-state index in [2.05, 4.69) is 79.5 Å². The lowest BCUT2D eigenvalue weighted by molar-refractivity contribution is 0.00578. The van der Waals surface area contributed by atoms with Crippen LogP contribution in [0.2, 0.25) is 18.1 Å². The highest BCUT2D eigenvalue weighted by Crippen LogP contribution is 2.40. The Morgan fingerprint density at radius 3 is 2.24 bits per heavy atom. The minimum Gasteiger partial charge on any atom is -0.493 e. The molecule has 0 atom stereocenters. The van der Waals surface area contributed by atoms with Gasteiger partial charge in [0.1, 0.15) is 0 Å². The van der Waals surface area contributed by atoms with Crippen molar-refractivity contribution in [2.75, 3.05) is 20.3 Å². The van der Waals surface area contributed by atoms with Gasteiger partial charge in [-0.15, -0.1) is 0 Å². The number of hydrogen-bond acceptors (Lipinski definition) is 6. The molecule has 8 heteroatoms. The summed E-state index contributed by atoms with van der Waals surface area (Å²) < 4.78 is 30.7. The summed E-state index contributed by atoms with van der Waals surface area (Å²) in [6, 6.07) is 8.13. The van der Waals surface area contributed by atoms with Crippen molar-refractivity contribution in [3.05, 3.63) is 48.2 Å². The lowest BCUT2D eigenvalue weighted by atomic mass is 9.85. The summed E-state index contributed by atoms with van der Waals surface area (Å²) >= 11 is 0. The number of methoxy groups -OCH3 is 1. The molecule has 1 aliphatic rings. The Morgan fingerprint density at radius 1 is 1.00 bits per heavy atom. The second-order valence-electron chi connectivity index (χ2n) is 12.5. The van der Waals surface area contributed by atoms with Crippen LogP contribution in [0.3, 0.4) is 0 Å². The molecule has 2 heterocycles. The molecular formula is C30H46BNO5Si. The van der Waals surface area contributed by atoms with Gasteiger partial charge in [-0.1, -0.05) is 33.8 Å². The van der Waals surface area contributed by atoms with E-state index in [-0.39, 0.29) is 5.04 Å². The molecule has 2 aromatic rings. The average Bonchev–Trinajstić information content (AvgIpc) is 3.05. The van der Waals surface area contributed by atoms with Gasteiger partial charge in [-0.05, 0) is 93.1 Å². The first-order valence-electron chi connectivity index (χ1n) is 13.6. The fourth-order valence-electron chi connectivity index (χ4n) is 3.78. The van der Waals surface area contributed by atoms with Crippen LogP contribution in [0, 0.1) is 0 Å².